The highest BCUT2D eigenvalue weighted by Crippen LogP contribution is 2.43. The Kier molecular flexibility index (Phi) is 3.95. The molecule has 0 aliphatic heterocycles. The van der Waals surface area contributed by atoms with Crippen molar-refractivity contribution in [3.8, 4) is 0 Å². The van der Waals surface area contributed by atoms with Gasteiger partial charge in [0.05, 0.1) is 0 Å². The summed E-state index contributed by atoms with van der Waals surface area (Å²) in [5.74, 6) is 0. The van der Waals surface area contributed by atoms with Gasteiger partial charge in [0.15, 0.2) is 0 Å². The van der Waals surface area contributed by atoms with Crippen molar-refractivity contribution in [3.05, 3.63) is 69.3 Å². The van der Waals surface area contributed by atoms with Gasteiger partial charge in [-0.3, -0.25) is 0 Å². The molecule has 0 heterocycles. The van der Waals surface area contributed by atoms with E-state index in [1.807, 2.05) is 0 Å². The molecule has 2 aromatic carbocycles. The first-order valence-electron chi connectivity index (χ1n) is 8.42. The van der Waals surface area contributed by atoms with Crippen LogP contribution in [0, 0.1) is 27.7 Å². The molecule has 0 spiro atoms. The minimum Gasteiger partial charge on any atom is -0.0651 e. The molecule has 0 atom stereocenters. The van der Waals surface area contributed by atoms with Crippen molar-refractivity contribution in [2.75, 3.05) is 0 Å². The van der Waals surface area contributed by atoms with Crippen molar-refractivity contribution in [1.82, 2.24) is 0 Å². The predicted octanol–water partition coefficient (Wildman–Crippen LogP) is 6.19. The van der Waals surface area contributed by atoms with Gasteiger partial charge in [-0.1, -0.05) is 43.7 Å². The molecule has 0 unspecified atom stereocenters. The smallest absolute Gasteiger partial charge is 0.00106 e. The van der Waals surface area contributed by atoms with Crippen molar-refractivity contribution < 1.29 is 0 Å². The van der Waals surface area contributed by atoms with E-state index in [-0.39, 0.29) is 0 Å². The predicted molar refractivity (Wildman–Crippen MR) is 97.3 cm³/mol. The topological polar surface area (TPSA) is 0 Å². The fraction of sp³-hybridized carbons (Fsp3) is 0.364. The van der Waals surface area contributed by atoms with E-state index < -0.39 is 0 Å². The molecule has 0 saturated heterocycles. The number of allylic oxidation sites excluding steroid dienone is 2. The fourth-order valence-corrected chi connectivity index (χ4v) is 3.82. The molecule has 1 aliphatic rings. The Labute approximate surface area is 134 Å². The molecule has 1 aliphatic carbocycles. The zero-order valence-electron chi connectivity index (χ0n) is 14.5. The number of hydrogen-bond acceptors (Lipinski definition) is 0. The monoisotopic (exact) mass is 290 g/mol. The minimum absolute atomic E-state index is 1.09. The number of hydrogen-bond donors (Lipinski definition) is 0. The second kappa shape index (κ2) is 5.76. The van der Waals surface area contributed by atoms with Crippen molar-refractivity contribution in [2.24, 2.45) is 0 Å². The lowest BCUT2D eigenvalue weighted by Gasteiger charge is -2.15. The van der Waals surface area contributed by atoms with Crippen LogP contribution in [0.2, 0.25) is 0 Å². The van der Waals surface area contributed by atoms with Crippen molar-refractivity contribution >= 4 is 11.1 Å². The van der Waals surface area contributed by atoms with E-state index >= 15 is 0 Å². The van der Waals surface area contributed by atoms with Gasteiger partial charge in [-0.05, 0) is 90.6 Å². The summed E-state index contributed by atoms with van der Waals surface area (Å²) in [5.41, 5.74) is 13.4. The Morgan fingerprint density at radius 1 is 0.864 bits per heavy atom. The van der Waals surface area contributed by atoms with Crippen LogP contribution in [0.5, 0.6) is 0 Å². The lowest BCUT2D eigenvalue weighted by Crippen LogP contribution is -1.96. The van der Waals surface area contributed by atoms with Crippen LogP contribution in [-0.2, 0) is 6.42 Å². The van der Waals surface area contributed by atoms with E-state index in [0.29, 0.717) is 0 Å². The van der Waals surface area contributed by atoms with Crippen LogP contribution in [0.4, 0.5) is 0 Å². The molecule has 0 radical (unpaired) electrons. The van der Waals surface area contributed by atoms with Crippen molar-refractivity contribution in [2.45, 2.75) is 53.9 Å². The van der Waals surface area contributed by atoms with Gasteiger partial charge in [-0.2, -0.15) is 0 Å². The zero-order valence-corrected chi connectivity index (χ0v) is 14.5. The highest BCUT2D eigenvalue weighted by Gasteiger charge is 2.24. The molecular formula is C22H26. The van der Waals surface area contributed by atoms with Crippen LogP contribution in [0.15, 0.2) is 30.3 Å². The SMILES string of the molecule is CCCC1=C(c2ccc(C)c(C)c2C)Cc2cccc(C)c21. The van der Waals surface area contributed by atoms with E-state index in [1.54, 1.807) is 11.1 Å². The molecule has 3 rings (SSSR count). The maximum atomic E-state index is 2.34. The first kappa shape index (κ1) is 15.1. The number of aryl methyl sites for hydroxylation is 2. The van der Waals surface area contributed by atoms with Gasteiger partial charge in [0, 0.05) is 0 Å². The molecule has 22 heavy (non-hydrogen) atoms. The molecule has 0 aromatic heterocycles. The molecule has 2 aromatic rings. The van der Waals surface area contributed by atoms with Gasteiger partial charge in [0.1, 0.15) is 0 Å². The maximum Gasteiger partial charge on any atom is -0.00106 e. The molecular weight excluding hydrogens is 264 g/mol. The van der Waals surface area contributed by atoms with Crippen molar-refractivity contribution in [3.63, 3.8) is 0 Å². The van der Waals surface area contributed by atoms with Gasteiger partial charge in [0.25, 0.3) is 0 Å². The van der Waals surface area contributed by atoms with Gasteiger partial charge in [0.2, 0.25) is 0 Å². The summed E-state index contributed by atoms with van der Waals surface area (Å²) in [7, 11) is 0. The standard InChI is InChI=1S/C22H26/c1-6-8-20-21(13-18-10-7-9-15(3)22(18)20)19-12-11-14(2)16(4)17(19)5/h7,9-12H,6,8,13H2,1-5H3. The Balaban J connectivity index is 2.22. The average molecular weight is 290 g/mol. The Bertz CT molecular complexity index is 760. The number of benzene rings is 2. The Morgan fingerprint density at radius 3 is 2.36 bits per heavy atom. The summed E-state index contributed by atoms with van der Waals surface area (Å²) in [4.78, 5) is 0. The fourth-order valence-electron chi connectivity index (χ4n) is 3.82. The Morgan fingerprint density at radius 2 is 1.64 bits per heavy atom. The quantitative estimate of drug-likeness (QED) is 0.632. The van der Waals surface area contributed by atoms with E-state index in [9.17, 15) is 0 Å². The summed E-state index contributed by atoms with van der Waals surface area (Å²) in [5, 5.41) is 0. The normalized spacial score (nSPS) is 13.7. The number of rotatable bonds is 3. The Hall–Kier alpha value is -1.82. The van der Waals surface area contributed by atoms with E-state index in [4.69, 9.17) is 0 Å². The van der Waals surface area contributed by atoms with Crippen LogP contribution < -0.4 is 0 Å². The molecule has 0 nitrogen and oxygen atoms in total. The largest absolute Gasteiger partial charge is 0.0651 e. The van der Waals surface area contributed by atoms with Gasteiger partial charge < -0.3 is 0 Å². The third kappa shape index (κ3) is 2.31. The summed E-state index contributed by atoms with van der Waals surface area (Å²) < 4.78 is 0. The van der Waals surface area contributed by atoms with Gasteiger partial charge in [-0.15, -0.1) is 0 Å². The molecule has 0 amide bonds. The van der Waals surface area contributed by atoms with Crippen LogP contribution >= 0.6 is 0 Å². The van der Waals surface area contributed by atoms with Crippen LogP contribution in [0.3, 0.4) is 0 Å². The third-order valence-electron chi connectivity index (χ3n) is 5.28. The third-order valence-corrected chi connectivity index (χ3v) is 5.28. The lowest BCUT2D eigenvalue weighted by atomic mass is 9.90. The van der Waals surface area contributed by atoms with Gasteiger partial charge >= 0.3 is 0 Å². The molecule has 0 heteroatoms. The summed E-state index contributed by atoms with van der Waals surface area (Å²) in [6.07, 6.45) is 3.48. The highest BCUT2D eigenvalue weighted by atomic mass is 14.3. The second-order valence-corrected chi connectivity index (χ2v) is 6.67. The van der Waals surface area contributed by atoms with E-state index in [1.165, 1.54) is 51.8 Å². The molecule has 0 saturated carbocycles. The van der Waals surface area contributed by atoms with Crippen LogP contribution in [-0.4, -0.2) is 0 Å². The summed E-state index contributed by atoms with van der Waals surface area (Å²) in [6.45, 7) is 11.3. The lowest BCUT2D eigenvalue weighted by molar-refractivity contribution is 0.974. The highest BCUT2D eigenvalue weighted by molar-refractivity contribution is 5.98. The molecule has 0 bridgehead atoms. The molecule has 0 fully saturated rings. The van der Waals surface area contributed by atoms with Crippen molar-refractivity contribution in [1.29, 1.82) is 0 Å². The number of fused-ring (bicyclic) bond motifs is 1. The molecule has 114 valence electrons. The first-order valence-corrected chi connectivity index (χ1v) is 8.42. The first-order chi connectivity index (χ1) is 10.5. The van der Waals surface area contributed by atoms with Crippen LogP contribution in [0.25, 0.3) is 11.1 Å². The van der Waals surface area contributed by atoms with Gasteiger partial charge in [-0.25, -0.2) is 0 Å². The maximum absolute atomic E-state index is 2.34. The second-order valence-electron chi connectivity index (χ2n) is 6.67. The average Bonchev–Trinajstić information content (AvgIpc) is 2.85. The van der Waals surface area contributed by atoms with E-state index in [2.05, 4.69) is 65.0 Å². The van der Waals surface area contributed by atoms with E-state index in [0.717, 1.165) is 6.42 Å². The minimum atomic E-state index is 1.09. The summed E-state index contributed by atoms with van der Waals surface area (Å²) in [6, 6.07) is 11.4. The molecule has 0 N–H and O–H groups in total. The summed E-state index contributed by atoms with van der Waals surface area (Å²) >= 11 is 0. The zero-order chi connectivity index (χ0) is 15.9. The van der Waals surface area contributed by atoms with Crippen LogP contribution in [0.1, 0.15) is 58.7 Å².